The summed E-state index contributed by atoms with van der Waals surface area (Å²) >= 11 is 0. The Labute approximate surface area is 102 Å². The molecule has 0 aliphatic rings. The molecule has 2 rings (SSSR count). The monoisotopic (exact) mass is 227 g/mol. The first-order valence-corrected chi connectivity index (χ1v) is 5.83. The lowest BCUT2D eigenvalue weighted by Crippen LogP contribution is -2.05. The SMILES string of the molecule is Cc1ccccc1CCNc1ccc(O)cc1. The normalized spacial score (nSPS) is 10.2. The Morgan fingerprint density at radius 1 is 1.00 bits per heavy atom. The number of hydrogen-bond donors (Lipinski definition) is 2. The van der Waals surface area contributed by atoms with Gasteiger partial charge in [-0.3, -0.25) is 0 Å². The van der Waals surface area contributed by atoms with Crippen LogP contribution in [0.3, 0.4) is 0 Å². The van der Waals surface area contributed by atoms with Gasteiger partial charge in [0.25, 0.3) is 0 Å². The second-order valence-corrected chi connectivity index (χ2v) is 4.15. The van der Waals surface area contributed by atoms with Crippen molar-refractivity contribution in [2.24, 2.45) is 0 Å². The van der Waals surface area contributed by atoms with Crippen LogP contribution in [0.25, 0.3) is 0 Å². The number of hydrogen-bond acceptors (Lipinski definition) is 2. The molecule has 0 radical (unpaired) electrons. The van der Waals surface area contributed by atoms with E-state index in [1.165, 1.54) is 11.1 Å². The molecule has 0 spiro atoms. The van der Waals surface area contributed by atoms with E-state index in [9.17, 15) is 0 Å². The number of rotatable bonds is 4. The maximum absolute atomic E-state index is 9.17. The molecule has 0 amide bonds. The summed E-state index contributed by atoms with van der Waals surface area (Å²) in [5.41, 5.74) is 3.75. The molecule has 0 saturated heterocycles. The molecule has 2 aromatic carbocycles. The lowest BCUT2D eigenvalue weighted by Gasteiger charge is -2.08. The number of phenolic OH excluding ortho intramolecular Hbond substituents is 1. The molecule has 2 aromatic rings. The van der Waals surface area contributed by atoms with Crippen molar-refractivity contribution in [1.82, 2.24) is 0 Å². The van der Waals surface area contributed by atoms with Crippen molar-refractivity contribution < 1.29 is 5.11 Å². The Bertz CT molecular complexity index is 477. The fourth-order valence-corrected chi connectivity index (χ4v) is 1.81. The summed E-state index contributed by atoms with van der Waals surface area (Å²) in [6, 6.07) is 15.6. The predicted octanol–water partition coefficient (Wildman–Crippen LogP) is 3.36. The number of anilines is 1. The quantitative estimate of drug-likeness (QED) is 0.785. The van der Waals surface area contributed by atoms with Crippen LogP contribution in [0.2, 0.25) is 0 Å². The van der Waals surface area contributed by atoms with Crippen LogP contribution < -0.4 is 5.32 Å². The van der Waals surface area contributed by atoms with Gasteiger partial charge in [0.15, 0.2) is 0 Å². The van der Waals surface area contributed by atoms with E-state index in [0.717, 1.165) is 18.7 Å². The van der Waals surface area contributed by atoms with Gasteiger partial charge in [-0.25, -0.2) is 0 Å². The van der Waals surface area contributed by atoms with E-state index in [0.29, 0.717) is 5.75 Å². The molecule has 0 aliphatic heterocycles. The topological polar surface area (TPSA) is 32.3 Å². The largest absolute Gasteiger partial charge is 0.508 e. The van der Waals surface area contributed by atoms with Crippen LogP contribution in [0, 0.1) is 6.92 Å². The minimum atomic E-state index is 0.300. The summed E-state index contributed by atoms with van der Waals surface area (Å²) in [6.07, 6.45) is 1.01. The fraction of sp³-hybridized carbons (Fsp3) is 0.200. The third-order valence-electron chi connectivity index (χ3n) is 2.85. The Balaban J connectivity index is 1.88. The number of aromatic hydroxyl groups is 1. The van der Waals surface area contributed by atoms with Crippen LogP contribution in [-0.2, 0) is 6.42 Å². The van der Waals surface area contributed by atoms with Crippen LogP contribution in [0.5, 0.6) is 5.75 Å². The zero-order valence-electron chi connectivity index (χ0n) is 9.98. The summed E-state index contributed by atoms with van der Waals surface area (Å²) in [5, 5.41) is 12.5. The maximum atomic E-state index is 9.17. The molecule has 0 unspecified atom stereocenters. The third kappa shape index (κ3) is 3.25. The summed E-state index contributed by atoms with van der Waals surface area (Å²) in [7, 11) is 0. The second-order valence-electron chi connectivity index (χ2n) is 4.15. The third-order valence-corrected chi connectivity index (χ3v) is 2.85. The van der Waals surface area contributed by atoms with Gasteiger partial charge in [-0.1, -0.05) is 24.3 Å². The van der Waals surface area contributed by atoms with Crippen LogP contribution in [0.4, 0.5) is 5.69 Å². The summed E-state index contributed by atoms with van der Waals surface area (Å²) in [5.74, 6) is 0.300. The van der Waals surface area contributed by atoms with Gasteiger partial charge in [0.05, 0.1) is 0 Å². The number of phenols is 1. The van der Waals surface area contributed by atoms with E-state index in [1.54, 1.807) is 12.1 Å². The molecule has 2 N–H and O–H groups in total. The van der Waals surface area contributed by atoms with Gasteiger partial charge in [-0.05, 0) is 48.7 Å². The first kappa shape index (κ1) is 11.5. The standard InChI is InChI=1S/C15H17NO/c1-12-4-2-3-5-13(12)10-11-16-14-6-8-15(17)9-7-14/h2-9,16-17H,10-11H2,1H3. The highest BCUT2D eigenvalue weighted by Crippen LogP contribution is 2.14. The van der Waals surface area contributed by atoms with Gasteiger partial charge in [-0.2, -0.15) is 0 Å². The lowest BCUT2D eigenvalue weighted by atomic mass is 10.1. The molecule has 0 atom stereocenters. The Morgan fingerprint density at radius 3 is 2.41 bits per heavy atom. The van der Waals surface area contributed by atoms with Gasteiger partial charge < -0.3 is 10.4 Å². The molecule has 0 aromatic heterocycles. The summed E-state index contributed by atoms with van der Waals surface area (Å²) in [6.45, 7) is 3.03. The number of aryl methyl sites for hydroxylation is 1. The van der Waals surface area contributed by atoms with E-state index in [4.69, 9.17) is 5.11 Å². The van der Waals surface area contributed by atoms with Gasteiger partial charge >= 0.3 is 0 Å². The summed E-state index contributed by atoms with van der Waals surface area (Å²) < 4.78 is 0. The molecule has 0 heterocycles. The molecule has 17 heavy (non-hydrogen) atoms. The second kappa shape index (κ2) is 5.39. The molecular weight excluding hydrogens is 210 g/mol. The van der Waals surface area contributed by atoms with Crippen molar-refractivity contribution in [2.45, 2.75) is 13.3 Å². The zero-order valence-corrected chi connectivity index (χ0v) is 9.98. The molecule has 0 aliphatic carbocycles. The Kier molecular flexibility index (Phi) is 3.66. The average Bonchev–Trinajstić information content (AvgIpc) is 2.34. The van der Waals surface area contributed by atoms with Crippen LogP contribution >= 0.6 is 0 Å². The fourth-order valence-electron chi connectivity index (χ4n) is 1.81. The highest BCUT2D eigenvalue weighted by atomic mass is 16.3. The van der Waals surface area contributed by atoms with Crippen molar-refractivity contribution in [2.75, 3.05) is 11.9 Å². The van der Waals surface area contributed by atoms with Crippen molar-refractivity contribution in [3.05, 3.63) is 59.7 Å². The Morgan fingerprint density at radius 2 is 1.71 bits per heavy atom. The number of nitrogens with one attached hydrogen (secondary N) is 1. The number of benzene rings is 2. The zero-order chi connectivity index (χ0) is 12.1. The smallest absolute Gasteiger partial charge is 0.115 e. The maximum Gasteiger partial charge on any atom is 0.115 e. The van der Waals surface area contributed by atoms with Crippen molar-refractivity contribution in [3.8, 4) is 5.75 Å². The average molecular weight is 227 g/mol. The van der Waals surface area contributed by atoms with E-state index in [2.05, 4.69) is 36.5 Å². The molecule has 0 saturated carbocycles. The molecule has 0 fully saturated rings. The molecule has 0 bridgehead atoms. The summed E-state index contributed by atoms with van der Waals surface area (Å²) in [4.78, 5) is 0. The van der Waals surface area contributed by atoms with E-state index < -0.39 is 0 Å². The first-order valence-electron chi connectivity index (χ1n) is 5.83. The first-order chi connectivity index (χ1) is 8.25. The van der Waals surface area contributed by atoms with Gasteiger partial charge in [0, 0.05) is 12.2 Å². The molecular formula is C15H17NO. The predicted molar refractivity (Wildman–Crippen MR) is 71.5 cm³/mol. The minimum Gasteiger partial charge on any atom is -0.508 e. The van der Waals surface area contributed by atoms with Crippen LogP contribution in [0.1, 0.15) is 11.1 Å². The molecule has 2 heteroatoms. The van der Waals surface area contributed by atoms with Gasteiger partial charge in [0.1, 0.15) is 5.75 Å². The van der Waals surface area contributed by atoms with E-state index in [1.807, 2.05) is 12.1 Å². The van der Waals surface area contributed by atoms with Gasteiger partial charge in [0.2, 0.25) is 0 Å². The van der Waals surface area contributed by atoms with Crippen molar-refractivity contribution in [3.63, 3.8) is 0 Å². The lowest BCUT2D eigenvalue weighted by molar-refractivity contribution is 0.475. The van der Waals surface area contributed by atoms with Crippen molar-refractivity contribution >= 4 is 5.69 Å². The van der Waals surface area contributed by atoms with E-state index in [-0.39, 0.29) is 0 Å². The Hall–Kier alpha value is -1.96. The van der Waals surface area contributed by atoms with Crippen LogP contribution in [-0.4, -0.2) is 11.7 Å². The highest BCUT2D eigenvalue weighted by Gasteiger charge is 1.97. The highest BCUT2D eigenvalue weighted by molar-refractivity contribution is 5.46. The molecule has 2 nitrogen and oxygen atoms in total. The van der Waals surface area contributed by atoms with Crippen molar-refractivity contribution in [1.29, 1.82) is 0 Å². The molecule has 88 valence electrons. The van der Waals surface area contributed by atoms with Crippen LogP contribution in [0.15, 0.2) is 48.5 Å². The van der Waals surface area contributed by atoms with Gasteiger partial charge in [-0.15, -0.1) is 0 Å². The minimum absolute atomic E-state index is 0.300. The van der Waals surface area contributed by atoms with E-state index >= 15 is 0 Å².